The maximum atomic E-state index is 13.5. The molecule has 0 aliphatic heterocycles. The molecular weight excluding hydrogens is 383 g/mol. The normalized spacial score (nSPS) is 10.8. The minimum Gasteiger partial charge on any atom is -0.497 e. The highest BCUT2D eigenvalue weighted by Crippen LogP contribution is 2.30. The lowest BCUT2D eigenvalue weighted by atomic mass is 10.2. The van der Waals surface area contributed by atoms with Crippen molar-refractivity contribution in [3.63, 3.8) is 0 Å². The number of hydrogen-bond donors (Lipinski definition) is 2. The summed E-state index contributed by atoms with van der Waals surface area (Å²) in [5, 5.41) is 3.79. The first kappa shape index (κ1) is 17.9. The molecule has 4 rings (SSSR count). The number of nitrogens with zero attached hydrogens (tertiary/aromatic N) is 2. The highest BCUT2D eigenvalue weighted by molar-refractivity contribution is 6.31. The Balaban J connectivity index is 1.91. The molecule has 0 amide bonds. The van der Waals surface area contributed by atoms with Gasteiger partial charge >= 0.3 is 0 Å². The van der Waals surface area contributed by atoms with Gasteiger partial charge in [-0.05, 0) is 48.5 Å². The molecule has 0 bridgehead atoms. The maximum Gasteiger partial charge on any atom is 0.259 e. The fourth-order valence-electron chi connectivity index (χ4n) is 2.76. The van der Waals surface area contributed by atoms with Crippen LogP contribution in [0.4, 0.5) is 15.9 Å². The van der Waals surface area contributed by atoms with Crippen LogP contribution in [0.2, 0.25) is 5.02 Å². The molecule has 0 radical (unpaired) electrons. The van der Waals surface area contributed by atoms with E-state index in [0.717, 1.165) is 0 Å². The summed E-state index contributed by atoms with van der Waals surface area (Å²) >= 11 is 5.88. The topological polar surface area (TPSA) is 79.9 Å². The molecule has 0 atom stereocenters. The van der Waals surface area contributed by atoms with Gasteiger partial charge in [-0.2, -0.15) is 0 Å². The Labute approximate surface area is 164 Å². The van der Waals surface area contributed by atoms with Crippen LogP contribution in [0.1, 0.15) is 0 Å². The van der Waals surface area contributed by atoms with Crippen molar-refractivity contribution < 1.29 is 9.13 Å². The van der Waals surface area contributed by atoms with Crippen LogP contribution in [0.15, 0.2) is 59.5 Å². The Morgan fingerprint density at radius 3 is 2.75 bits per heavy atom. The zero-order valence-corrected chi connectivity index (χ0v) is 15.4. The maximum absolute atomic E-state index is 13.5. The number of fused-ring (bicyclic) bond motifs is 1. The van der Waals surface area contributed by atoms with Gasteiger partial charge in [-0.15, -0.1) is 0 Å². The van der Waals surface area contributed by atoms with Crippen LogP contribution in [-0.4, -0.2) is 22.1 Å². The molecule has 0 saturated carbocycles. The van der Waals surface area contributed by atoms with Crippen molar-refractivity contribution in [2.75, 3.05) is 12.4 Å². The SMILES string of the molecule is COc1ccc2nc(-c3ccc[nH]c3=O)nc(Nc3ccc(F)c(Cl)c3)c2c1. The summed E-state index contributed by atoms with van der Waals surface area (Å²) in [5.41, 5.74) is 1.19. The van der Waals surface area contributed by atoms with Crippen LogP contribution >= 0.6 is 11.6 Å². The van der Waals surface area contributed by atoms with Crippen LogP contribution < -0.4 is 15.6 Å². The summed E-state index contributed by atoms with van der Waals surface area (Å²) in [5.74, 6) is 0.805. The Hall–Kier alpha value is -3.45. The fraction of sp³-hybridized carbons (Fsp3) is 0.0500. The van der Waals surface area contributed by atoms with Crippen LogP contribution in [0, 0.1) is 5.82 Å². The van der Waals surface area contributed by atoms with E-state index in [-0.39, 0.29) is 16.4 Å². The number of nitrogens with one attached hydrogen (secondary N) is 2. The smallest absolute Gasteiger partial charge is 0.259 e. The number of rotatable bonds is 4. The first-order valence-corrected chi connectivity index (χ1v) is 8.69. The summed E-state index contributed by atoms with van der Waals surface area (Å²) in [4.78, 5) is 23.8. The van der Waals surface area contributed by atoms with Gasteiger partial charge in [0.05, 0.1) is 23.2 Å². The van der Waals surface area contributed by atoms with Gasteiger partial charge in [0, 0.05) is 17.3 Å². The lowest BCUT2D eigenvalue weighted by Gasteiger charge is -2.12. The van der Waals surface area contributed by atoms with Crippen molar-refractivity contribution in [1.82, 2.24) is 15.0 Å². The largest absolute Gasteiger partial charge is 0.497 e. The summed E-state index contributed by atoms with van der Waals surface area (Å²) < 4.78 is 18.8. The second kappa shape index (κ2) is 7.28. The first-order valence-electron chi connectivity index (χ1n) is 8.31. The third-order valence-electron chi connectivity index (χ3n) is 4.14. The highest BCUT2D eigenvalue weighted by atomic mass is 35.5. The average Bonchev–Trinajstić information content (AvgIpc) is 2.70. The summed E-state index contributed by atoms with van der Waals surface area (Å²) in [6, 6.07) is 12.9. The molecule has 4 aromatic rings. The lowest BCUT2D eigenvalue weighted by Crippen LogP contribution is -2.10. The van der Waals surface area contributed by atoms with E-state index < -0.39 is 5.82 Å². The van der Waals surface area contributed by atoms with Gasteiger partial charge in [-0.25, -0.2) is 14.4 Å². The van der Waals surface area contributed by atoms with Gasteiger partial charge in [0.15, 0.2) is 5.82 Å². The Kier molecular flexibility index (Phi) is 4.67. The molecule has 2 N–H and O–H groups in total. The van der Waals surface area contributed by atoms with Crippen LogP contribution in [0.5, 0.6) is 5.75 Å². The number of pyridine rings is 1. The minimum atomic E-state index is -0.516. The van der Waals surface area contributed by atoms with E-state index in [4.69, 9.17) is 16.3 Å². The zero-order chi connectivity index (χ0) is 19.7. The molecule has 2 aromatic heterocycles. The third kappa shape index (κ3) is 3.39. The number of benzene rings is 2. The molecule has 140 valence electrons. The molecule has 0 aliphatic carbocycles. The van der Waals surface area contributed by atoms with Crippen molar-refractivity contribution in [1.29, 1.82) is 0 Å². The Morgan fingerprint density at radius 2 is 2.00 bits per heavy atom. The van der Waals surface area contributed by atoms with Crippen molar-refractivity contribution in [3.8, 4) is 17.1 Å². The van der Waals surface area contributed by atoms with Gasteiger partial charge in [0.25, 0.3) is 5.56 Å². The number of ether oxygens (including phenoxy) is 1. The number of methoxy groups -OCH3 is 1. The van der Waals surface area contributed by atoms with Crippen LogP contribution in [-0.2, 0) is 0 Å². The molecular formula is C20H14ClFN4O2. The second-order valence-corrected chi connectivity index (χ2v) is 6.35. The van der Waals surface area contributed by atoms with Gasteiger partial charge in [-0.3, -0.25) is 4.79 Å². The molecule has 0 aliphatic rings. The minimum absolute atomic E-state index is 0.0133. The summed E-state index contributed by atoms with van der Waals surface area (Å²) in [7, 11) is 1.56. The van der Waals surface area contributed by atoms with Crippen molar-refractivity contribution in [2.24, 2.45) is 0 Å². The van der Waals surface area contributed by atoms with E-state index in [1.807, 2.05) is 0 Å². The molecule has 6 nitrogen and oxygen atoms in total. The summed E-state index contributed by atoms with van der Waals surface area (Å²) in [6.45, 7) is 0. The quantitative estimate of drug-likeness (QED) is 0.529. The van der Waals surface area contributed by atoms with Crippen molar-refractivity contribution >= 4 is 34.0 Å². The van der Waals surface area contributed by atoms with Crippen molar-refractivity contribution in [3.05, 3.63) is 75.9 Å². The number of H-pyrrole nitrogens is 1. The van der Waals surface area contributed by atoms with E-state index in [9.17, 15) is 9.18 Å². The molecule has 2 heterocycles. The molecule has 0 spiro atoms. The number of halogens is 2. The fourth-order valence-corrected chi connectivity index (χ4v) is 2.94. The monoisotopic (exact) mass is 396 g/mol. The average molecular weight is 397 g/mol. The van der Waals surface area contributed by atoms with E-state index in [2.05, 4.69) is 20.3 Å². The van der Waals surface area contributed by atoms with E-state index in [1.54, 1.807) is 43.5 Å². The van der Waals surface area contributed by atoms with Gasteiger partial charge in [-0.1, -0.05) is 11.6 Å². The standard InChI is InChI=1S/C20H14ClFN4O2/c1-28-12-5-7-17-14(10-12)19(24-11-4-6-16(22)15(21)9-11)26-18(25-17)13-3-2-8-23-20(13)27/h2-10H,1H3,(H,23,27)(H,24,25,26). The van der Waals surface area contributed by atoms with E-state index >= 15 is 0 Å². The predicted octanol–water partition coefficient (Wildman–Crippen LogP) is 4.53. The summed E-state index contributed by atoms with van der Waals surface area (Å²) in [6.07, 6.45) is 1.54. The molecule has 8 heteroatoms. The number of anilines is 2. The number of hydrogen-bond acceptors (Lipinski definition) is 5. The molecule has 0 fully saturated rings. The first-order chi connectivity index (χ1) is 13.5. The molecule has 2 aromatic carbocycles. The molecule has 28 heavy (non-hydrogen) atoms. The predicted molar refractivity (Wildman–Crippen MR) is 107 cm³/mol. The number of aromatic nitrogens is 3. The zero-order valence-electron chi connectivity index (χ0n) is 14.7. The van der Waals surface area contributed by atoms with Gasteiger partial charge in [0.1, 0.15) is 17.4 Å². The van der Waals surface area contributed by atoms with E-state index in [1.165, 1.54) is 18.3 Å². The van der Waals surface area contributed by atoms with Crippen LogP contribution in [0.3, 0.4) is 0 Å². The van der Waals surface area contributed by atoms with Gasteiger partial charge < -0.3 is 15.0 Å². The van der Waals surface area contributed by atoms with Crippen molar-refractivity contribution in [2.45, 2.75) is 0 Å². The van der Waals surface area contributed by atoms with E-state index in [0.29, 0.717) is 33.7 Å². The Bertz CT molecular complexity index is 1240. The van der Waals surface area contributed by atoms with Crippen LogP contribution in [0.25, 0.3) is 22.3 Å². The third-order valence-corrected chi connectivity index (χ3v) is 4.43. The molecule has 0 unspecified atom stereocenters. The molecule has 0 saturated heterocycles. The highest BCUT2D eigenvalue weighted by Gasteiger charge is 2.13. The number of aromatic amines is 1. The van der Waals surface area contributed by atoms with Gasteiger partial charge in [0.2, 0.25) is 0 Å². The lowest BCUT2D eigenvalue weighted by molar-refractivity contribution is 0.415. The Morgan fingerprint density at radius 1 is 1.14 bits per heavy atom. The second-order valence-electron chi connectivity index (χ2n) is 5.95.